The number of carbonyl (C=O) groups excluding carboxylic acids is 1. The lowest BCUT2D eigenvalue weighted by Crippen LogP contribution is -2.40. The summed E-state index contributed by atoms with van der Waals surface area (Å²) >= 11 is 0. The maximum Gasteiger partial charge on any atom is 0.319 e. The minimum absolute atomic E-state index is 0.0760. The van der Waals surface area contributed by atoms with E-state index >= 15 is 0 Å². The normalized spacial score (nSPS) is 16.8. The lowest BCUT2D eigenvalue weighted by atomic mass is 10.1. The zero-order valence-electron chi connectivity index (χ0n) is 19.2. The third-order valence-electron chi connectivity index (χ3n) is 6.06. The van der Waals surface area contributed by atoms with Crippen LogP contribution >= 0.6 is 0 Å². The van der Waals surface area contributed by atoms with Crippen LogP contribution in [0.5, 0.6) is 0 Å². The number of nitrogens with zero attached hydrogens (tertiary/aromatic N) is 3. The Labute approximate surface area is 198 Å². The van der Waals surface area contributed by atoms with Crippen LogP contribution in [0, 0.1) is 12.7 Å². The summed E-state index contributed by atoms with van der Waals surface area (Å²) in [4.78, 5) is 19.1. The molecule has 1 unspecified atom stereocenters. The van der Waals surface area contributed by atoms with Gasteiger partial charge in [0.2, 0.25) is 10.0 Å². The monoisotopic (exact) mass is 485 g/mol. The van der Waals surface area contributed by atoms with Crippen molar-refractivity contribution in [3.05, 3.63) is 66.1 Å². The Hall–Kier alpha value is -3.08. The van der Waals surface area contributed by atoms with E-state index in [0.717, 1.165) is 35.3 Å². The number of urea groups is 1. The van der Waals surface area contributed by atoms with E-state index in [1.165, 1.54) is 16.4 Å². The second-order valence-electron chi connectivity index (χ2n) is 8.43. The van der Waals surface area contributed by atoms with Gasteiger partial charge in [-0.3, -0.25) is 9.88 Å². The fourth-order valence-corrected chi connectivity index (χ4v) is 5.56. The van der Waals surface area contributed by atoms with E-state index in [1.54, 1.807) is 7.05 Å². The number of hydrogen-bond donors (Lipinski definition) is 2. The van der Waals surface area contributed by atoms with Crippen molar-refractivity contribution < 1.29 is 17.6 Å². The molecule has 2 heterocycles. The number of carbonyl (C=O) groups is 1. The van der Waals surface area contributed by atoms with Gasteiger partial charge in [-0.15, -0.1) is 0 Å². The second-order valence-corrected chi connectivity index (χ2v) is 10.4. The average molecular weight is 486 g/mol. The molecule has 1 aliphatic heterocycles. The second kappa shape index (κ2) is 10.0. The Morgan fingerprint density at radius 1 is 1.21 bits per heavy atom. The van der Waals surface area contributed by atoms with Gasteiger partial charge in [-0.25, -0.2) is 17.6 Å². The first-order chi connectivity index (χ1) is 16.2. The molecule has 8 nitrogen and oxygen atoms in total. The molecule has 1 fully saturated rings. The highest BCUT2D eigenvalue weighted by Crippen LogP contribution is 2.23. The SMILES string of the molecule is Cc1cc(NC(=O)NCCN2CCC(N(C)S(=O)(=O)c3ccc(F)cc3)C2)c2ccccc2n1. The number of pyridine rings is 1. The molecular formula is C24H28FN5O3S. The molecule has 2 aromatic carbocycles. The molecule has 0 aliphatic carbocycles. The van der Waals surface area contributed by atoms with Crippen LogP contribution < -0.4 is 10.6 Å². The number of likely N-dealkylation sites (N-methyl/N-ethyl adjacent to an activating group) is 1. The molecule has 1 aromatic heterocycles. The number of likely N-dealkylation sites (tertiary alicyclic amines) is 1. The number of sulfonamides is 1. The van der Waals surface area contributed by atoms with E-state index in [0.29, 0.717) is 31.7 Å². The van der Waals surface area contributed by atoms with Crippen molar-refractivity contribution in [3.8, 4) is 0 Å². The Balaban J connectivity index is 1.28. The number of halogens is 1. The Morgan fingerprint density at radius 2 is 1.94 bits per heavy atom. The topological polar surface area (TPSA) is 94.6 Å². The molecule has 0 bridgehead atoms. The molecule has 2 amide bonds. The van der Waals surface area contributed by atoms with Crippen molar-refractivity contribution in [2.45, 2.75) is 24.3 Å². The van der Waals surface area contributed by atoms with Gasteiger partial charge < -0.3 is 10.6 Å². The number of hydrogen-bond acceptors (Lipinski definition) is 5. The van der Waals surface area contributed by atoms with Crippen molar-refractivity contribution in [2.75, 3.05) is 38.5 Å². The Morgan fingerprint density at radius 3 is 2.71 bits per heavy atom. The third-order valence-corrected chi connectivity index (χ3v) is 7.98. The molecule has 34 heavy (non-hydrogen) atoms. The summed E-state index contributed by atoms with van der Waals surface area (Å²) in [6, 6.07) is 13.8. The number of fused-ring (bicyclic) bond motifs is 1. The van der Waals surface area contributed by atoms with Gasteiger partial charge in [-0.05, 0) is 56.3 Å². The fourth-order valence-electron chi connectivity index (χ4n) is 4.19. The van der Waals surface area contributed by atoms with Crippen LogP contribution in [0.3, 0.4) is 0 Å². The standard InChI is InChI=1S/C24H28FN5O3S/c1-17-15-23(21-5-3-4-6-22(21)27-17)28-24(31)26-12-14-30-13-11-19(16-30)29(2)34(32,33)20-9-7-18(25)8-10-20/h3-10,15,19H,11-14,16H2,1-2H3,(H2,26,27,28,31). The number of anilines is 1. The number of amides is 2. The molecule has 180 valence electrons. The summed E-state index contributed by atoms with van der Waals surface area (Å²) in [5.74, 6) is -0.475. The summed E-state index contributed by atoms with van der Waals surface area (Å²) in [6.07, 6.45) is 0.686. The first-order valence-electron chi connectivity index (χ1n) is 11.1. The fraction of sp³-hybridized carbons (Fsp3) is 0.333. The van der Waals surface area contributed by atoms with Gasteiger partial charge in [-0.2, -0.15) is 4.31 Å². The molecule has 1 saturated heterocycles. The summed E-state index contributed by atoms with van der Waals surface area (Å²) < 4.78 is 40.2. The van der Waals surface area contributed by atoms with Gasteiger partial charge in [0.1, 0.15) is 5.82 Å². The number of benzene rings is 2. The van der Waals surface area contributed by atoms with Crippen LogP contribution in [-0.4, -0.2) is 67.9 Å². The molecule has 0 radical (unpaired) electrons. The third kappa shape index (κ3) is 5.35. The summed E-state index contributed by atoms with van der Waals surface area (Å²) in [5.41, 5.74) is 2.34. The van der Waals surface area contributed by atoms with Crippen LogP contribution in [0.15, 0.2) is 59.5 Å². The Kier molecular flexibility index (Phi) is 7.11. The van der Waals surface area contributed by atoms with Gasteiger partial charge in [0.15, 0.2) is 0 Å². The number of rotatable bonds is 7. The maximum atomic E-state index is 13.2. The first-order valence-corrected chi connectivity index (χ1v) is 12.6. The number of aromatic nitrogens is 1. The van der Waals surface area contributed by atoms with E-state index in [4.69, 9.17) is 0 Å². The van der Waals surface area contributed by atoms with Crippen molar-refractivity contribution in [1.29, 1.82) is 0 Å². The van der Waals surface area contributed by atoms with E-state index in [-0.39, 0.29) is 17.0 Å². The molecule has 4 rings (SSSR count). The van der Waals surface area contributed by atoms with Crippen LogP contribution in [0.1, 0.15) is 12.1 Å². The van der Waals surface area contributed by atoms with E-state index < -0.39 is 15.8 Å². The number of para-hydroxylation sites is 1. The molecule has 2 N–H and O–H groups in total. The molecule has 1 aliphatic rings. The molecule has 0 saturated carbocycles. The minimum Gasteiger partial charge on any atom is -0.337 e. The van der Waals surface area contributed by atoms with Crippen molar-refractivity contribution in [3.63, 3.8) is 0 Å². The number of aryl methyl sites for hydroxylation is 1. The first kappa shape index (κ1) is 24.1. The van der Waals surface area contributed by atoms with Crippen LogP contribution in [-0.2, 0) is 10.0 Å². The van der Waals surface area contributed by atoms with Crippen LogP contribution in [0.2, 0.25) is 0 Å². The maximum absolute atomic E-state index is 13.2. The molecule has 10 heteroatoms. The van der Waals surface area contributed by atoms with Gasteiger partial charge in [0.05, 0.1) is 16.1 Å². The molecule has 1 atom stereocenters. The summed E-state index contributed by atoms with van der Waals surface area (Å²) in [5, 5.41) is 6.64. The largest absolute Gasteiger partial charge is 0.337 e. The van der Waals surface area contributed by atoms with E-state index in [2.05, 4.69) is 20.5 Å². The lowest BCUT2D eigenvalue weighted by molar-refractivity contribution is 0.248. The lowest BCUT2D eigenvalue weighted by Gasteiger charge is -2.24. The van der Waals surface area contributed by atoms with Crippen LogP contribution in [0.25, 0.3) is 10.9 Å². The highest BCUT2D eigenvalue weighted by molar-refractivity contribution is 7.89. The van der Waals surface area contributed by atoms with E-state index in [9.17, 15) is 17.6 Å². The van der Waals surface area contributed by atoms with Gasteiger partial charge >= 0.3 is 6.03 Å². The van der Waals surface area contributed by atoms with Crippen molar-refractivity contribution in [1.82, 2.24) is 19.5 Å². The smallest absolute Gasteiger partial charge is 0.319 e. The highest BCUT2D eigenvalue weighted by atomic mass is 32.2. The summed E-state index contributed by atoms with van der Waals surface area (Å²) in [6.45, 7) is 4.20. The van der Waals surface area contributed by atoms with Gasteiger partial charge in [0, 0.05) is 43.8 Å². The predicted molar refractivity (Wildman–Crippen MR) is 130 cm³/mol. The van der Waals surface area contributed by atoms with Gasteiger partial charge in [-0.1, -0.05) is 18.2 Å². The number of nitrogens with one attached hydrogen (secondary N) is 2. The summed E-state index contributed by atoms with van der Waals surface area (Å²) in [7, 11) is -2.14. The van der Waals surface area contributed by atoms with Crippen LogP contribution in [0.4, 0.5) is 14.9 Å². The van der Waals surface area contributed by atoms with E-state index in [1.807, 2.05) is 37.3 Å². The average Bonchev–Trinajstić information content (AvgIpc) is 3.27. The zero-order chi connectivity index (χ0) is 24.3. The van der Waals surface area contributed by atoms with Crippen molar-refractivity contribution >= 4 is 32.6 Å². The minimum atomic E-state index is -3.70. The van der Waals surface area contributed by atoms with Gasteiger partial charge in [0.25, 0.3) is 0 Å². The molecule has 0 spiro atoms. The highest BCUT2D eigenvalue weighted by Gasteiger charge is 2.33. The molecular weight excluding hydrogens is 457 g/mol. The molecule has 3 aromatic rings. The quantitative estimate of drug-likeness (QED) is 0.536. The predicted octanol–water partition coefficient (Wildman–Crippen LogP) is 3.20. The zero-order valence-corrected chi connectivity index (χ0v) is 20.0. The van der Waals surface area contributed by atoms with Crippen molar-refractivity contribution in [2.24, 2.45) is 0 Å². The Bertz CT molecular complexity index is 1280.